The zero-order valence-corrected chi connectivity index (χ0v) is 18.0. The van der Waals surface area contributed by atoms with Gasteiger partial charge in [-0.3, -0.25) is 14.9 Å². The number of nitro groups is 1. The van der Waals surface area contributed by atoms with Gasteiger partial charge < -0.3 is 10.1 Å². The highest BCUT2D eigenvalue weighted by molar-refractivity contribution is 7.17. The lowest BCUT2D eigenvalue weighted by Gasteiger charge is -2.14. The zero-order chi connectivity index (χ0) is 22.5. The third-order valence-corrected chi connectivity index (χ3v) is 5.93. The van der Waals surface area contributed by atoms with Crippen molar-refractivity contribution in [3.05, 3.63) is 61.5 Å². The minimum absolute atomic E-state index is 0.0856. The van der Waals surface area contributed by atoms with Gasteiger partial charge in [0.15, 0.2) is 0 Å². The van der Waals surface area contributed by atoms with Crippen LogP contribution in [0, 0.1) is 21.4 Å². The first-order chi connectivity index (χ1) is 14.8. The van der Waals surface area contributed by atoms with Crippen LogP contribution in [0.5, 0.6) is 0 Å². The number of aryl methyl sites for hydroxylation is 1. The van der Waals surface area contributed by atoms with Crippen LogP contribution >= 0.6 is 11.3 Å². The Bertz CT molecular complexity index is 1090. The Morgan fingerprint density at radius 3 is 2.55 bits per heavy atom. The number of carbonyl (C=O) groups excluding carboxylic acids is 2. The number of ether oxygens (including phenoxy) is 1. The van der Waals surface area contributed by atoms with Crippen LogP contribution in [-0.4, -0.2) is 22.9 Å². The molecule has 1 heterocycles. The first kappa shape index (κ1) is 22.2. The van der Waals surface area contributed by atoms with E-state index in [1.54, 1.807) is 13.8 Å². The molecule has 0 fully saturated rings. The number of rotatable bonds is 6. The number of nitrogens with one attached hydrogen (secondary N) is 1. The Kier molecular flexibility index (Phi) is 6.82. The number of non-ortho nitro benzene ring substituents is 1. The molecule has 1 aliphatic carbocycles. The van der Waals surface area contributed by atoms with Gasteiger partial charge in [0.1, 0.15) is 16.6 Å². The van der Waals surface area contributed by atoms with Crippen LogP contribution in [0.4, 0.5) is 10.7 Å². The van der Waals surface area contributed by atoms with Crippen molar-refractivity contribution < 1.29 is 19.2 Å². The molecule has 160 valence electrons. The van der Waals surface area contributed by atoms with Crippen molar-refractivity contribution in [2.24, 2.45) is 0 Å². The highest BCUT2D eigenvalue weighted by Crippen LogP contribution is 2.39. The summed E-state index contributed by atoms with van der Waals surface area (Å²) in [5.41, 5.74) is 1.49. The van der Waals surface area contributed by atoms with E-state index >= 15 is 0 Å². The summed E-state index contributed by atoms with van der Waals surface area (Å²) >= 11 is 1.34. The summed E-state index contributed by atoms with van der Waals surface area (Å²) in [4.78, 5) is 36.8. The minimum atomic E-state index is -0.655. The lowest BCUT2D eigenvalue weighted by atomic mass is 9.95. The number of fused-ring (bicyclic) bond motifs is 1. The van der Waals surface area contributed by atoms with Crippen LogP contribution in [0.3, 0.4) is 0 Å². The molecule has 0 aliphatic heterocycles. The van der Waals surface area contributed by atoms with Crippen LogP contribution in [0.15, 0.2) is 29.8 Å². The van der Waals surface area contributed by atoms with Gasteiger partial charge in [-0.25, -0.2) is 4.79 Å². The monoisotopic (exact) mass is 439 g/mol. The number of esters is 1. The second-order valence-corrected chi connectivity index (χ2v) is 8.45. The molecule has 0 saturated heterocycles. The number of benzene rings is 1. The predicted molar refractivity (Wildman–Crippen MR) is 117 cm³/mol. The molecule has 8 nitrogen and oxygen atoms in total. The van der Waals surface area contributed by atoms with E-state index in [0.29, 0.717) is 16.1 Å². The lowest BCUT2D eigenvalue weighted by Crippen LogP contribution is -2.18. The van der Waals surface area contributed by atoms with Gasteiger partial charge in [-0.15, -0.1) is 11.3 Å². The van der Waals surface area contributed by atoms with E-state index in [1.165, 1.54) is 41.7 Å². The van der Waals surface area contributed by atoms with Crippen molar-refractivity contribution in [1.29, 1.82) is 5.26 Å². The van der Waals surface area contributed by atoms with Crippen molar-refractivity contribution in [3.8, 4) is 6.07 Å². The molecule has 0 atom stereocenters. The van der Waals surface area contributed by atoms with E-state index in [1.807, 2.05) is 6.07 Å². The number of nitriles is 1. The van der Waals surface area contributed by atoms with Gasteiger partial charge in [-0.05, 0) is 68.9 Å². The van der Waals surface area contributed by atoms with Crippen LogP contribution in [-0.2, 0) is 22.4 Å². The normalized spacial score (nSPS) is 13.3. The number of nitro benzene ring substituents is 1. The lowest BCUT2D eigenvalue weighted by molar-refractivity contribution is -0.384. The second-order valence-electron chi connectivity index (χ2n) is 7.34. The topological polar surface area (TPSA) is 122 Å². The van der Waals surface area contributed by atoms with Crippen LogP contribution in [0.2, 0.25) is 0 Å². The second kappa shape index (κ2) is 9.53. The fraction of sp³-hybridized carbons (Fsp3) is 0.318. The number of nitrogens with zero attached hydrogens (tertiary/aromatic N) is 2. The fourth-order valence-corrected chi connectivity index (χ4v) is 4.59. The Hall–Kier alpha value is -3.51. The van der Waals surface area contributed by atoms with E-state index in [2.05, 4.69) is 5.32 Å². The maximum atomic E-state index is 12.8. The summed E-state index contributed by atoms with van der Waals surface area (Å²) in [6.07, 6.45) is 4.60. The molecule has 31 heavy (non-hydrogen) atoms. The van der Waals surface area contributed by atoms with Crippen LogP contribution < -0.4 is 5.32 Å². The van der Waals surface area contributed by atoms with Crippen molar-refractivity contribution in [3.63, 3.8) is 0 Å². The molecule has 1 aromatic carbocycles. The fourth-order valence-electron chi connectivity index (χ4n) is 3.32. The number of hydrogen-bond acceptors (Lipinski definition) is 7. The Balaban J connectivity index is 1.89. The molecule has 9 heteroatoms. The van der Waals surface area contributed by atoms with E-state index < -0.39 is 16.8 Å². The molecule has 0 spiro atoms. The van der Waals surface area contributed by atoms with Crippen LogP contribution in [0.25, 0.3) is 6.08 Å². The van der Waals surface area contributed by atoms with E-state index in [9.17, 15) is 25.0 Å². The first-order valence-corrected chi connectivity index (χ1v) is 10.6. The molecular weight excluding hydrogens is 418 g/mol. The van der Waals surface area contributed by atoms with Crippen molar-refractivity contribution >= 4 is 40.0 Å². The zero-order valence-electron chi connectivity index (χ0n) is 17.1. The third-order valence-electron chi connectivity index (χ3n) is 4.73. The highest BCUT2D eigenvalue weighted by Gasteiger charge is 2.28. The Morgan fingerprint density at radius 1 is 1.26 bits per heavy atom. The van der Waals surface area contributed by atoms with Crippen molar-refractivity contribution in [2.75, 3.05) is 5.32 Å². The molecule has 0 saturated carbocycles. The number of amides is 1. The molecular formula is C22H21N3O5S. The average molecular weight is 439 g/mol. The largest absolute Gasteiger partial charge is 0.459 e. The van der Waals surface area contributed by atoms with Gasteiger partial charge >= 0.3 is 5.97 Å². The van der Waals surface area contributed by atoms with Crippen molar-refractivity contribution in [1.82, 2.24) is 0 Å². The van der Waals surface area contributed by atoms with Gasteiger partial charge in [0.2, 0.25) is 0 Å². The minimum Gasteiger partial charge on any atom is -0.459 e. The molecule has 1 aliphatic rings. The quantitative estimate of drug-likeness (QED) is 0.230. The van der Waals surface area contributed by atoms with Crippen LogP contribution in [0.1, 0.15) is 53.1 Å². The molecule has 0 unspecified atom stereocenters. The molecule has 2 aromatic rings. The Labute approximate surface area is 183 Å². The smallest absolute Gasteiger partial charge is 0.341 e. The number of anilines is 1. The molecule has 0 radical (unpaired) electrons. The summed E-state index contributed by atoms with van der Waals surface area (Å²) in [5, 5.41) is 23.3. The van der Waals surface area contributed by atoms with E-state index in [4.69, 9.17) is 4.74 Å². The van der Waals surface area contributed by atoms with Gasteiger partial charge in [0.05, 0.1) is 16.6 Å². The third kappa shape index (κ3) is 5.16. The maximum Gasteiger partial charge on any atom is 0.341 e. The molecule has 0 bridgehead atoms. The number of hydrogen-bond donors (Lipinski definition) is 1. The maximum absolute atomic E-state index is 12.8. The van der Waals surface area contributed by atoms with Gasteiger partial charge in [0.25, 0.3) is 11.6 Å². The standard InChI is InChI=1S/C22H21N3O5S/c1-13(2)30-22(27)19-17-5-3-4-6-18(17)31-21(19)24-20(26)15(12-23)11-14-7-9-16(10-8-14)25(28)29/h7-11,13H,3-6H2,1-2H3,(H,24,26). The van der Waals surface area contributed by atoms with Crippen molar-refractivity contribution in [2.45, 2.75) is 45.6 Å². The summed E-state index contributed by atoms with van der Waals surface area (Å²) < 4.78 is 5.38. The van der Waals surface area contributed by atoms with Gasteiger partial charge in [-0.1, -0.05) is 0 Å². The molecule has 3 rings (SSSR count). The van der Waals surface area contributed by atoms with E-state index in [-0.39, 0.29) is 17.4 Å². The van der Waals surface area contributed by atoms with Gasteiger partial charge in [0, 0.05) is 17.0 Å². The summed E-state index contributed by atoms with van der Waals surface area (Å²) in [7, 11) is 0. The van der Waals surface area contributed by atoms with E-state index in [0.717, 1.165) is 36.1 Å². The predicted octanol–water partition coefficient (Wildman–Crippen LogP) is 4.65. The van der Waals surface area contributed by atoms with Gasteiger partial charge in [-0.2, -0.15) is 5.26 Å². The molecule has 1 amide bonds. The number of carbonyl (C=O) groups is 2. The highest BCUT2D eigenvalue weighted by atomic mass is 32.1. The first-order valence-electron chi connectivity index (χ1n) is 9.83. The summed E-state index contributed by atoms with van der Waals surface area (Å²) in [6.45, 7) is 3.52. The number of thiophene rings is 1. The SMILES string of the molecule is CC(C)OC(=O)c1c(NC(=O)C(C#N)=Cc2ccc([N+](=O)[O-])cc2)sc2c1CCCC2. The molecule has 1 N–H and O–H groups in total. The average Bonchev–Trinajstić information content (AvgIpc) is 3.09. The Morgan fingerprint density at radius 2 is 1.94 bits per heavy atom. The summed E-state index contributed by atoms with van der Waals surface area (Å²) in [5.74, 6) is -1.14. The summed E-state index contributed by atoms with van der Waals surface area (Å²) in [6, 6.07) is 7.36. The molecule has 1 aromatic heterocycles.